The second-order valence-electron chi connectivity index (χ2n) is 8.20. The quantitative estimate of drug-likeness (QED) is 0.614. The Labute approximate surface area is 182 Å². The summed E-state index contributed by atoms with van der Waals surface area (Å²) in [5, 5.41) is 6.86. The largest absolute Gasteiger partial charge is 0.484 e. The summed E-state index contributed by atoms with van der Waals surface area (Å²) < 4.78 is 18.8. The van der Waals surface area contributed by atoms with Crippen LogP contribution < -0.4 is 15.4 Å². The number of hydrogen-bond donors (Lipinski definition) is 2. The summed E-state index contributed by atoms with van der Waals surface area (Å²) in [7, 11) is 0. The van der Waals surface area contributed by atoms with Gasteiger partial charge >= 0.3 is 0 Å². The molecule has 0 radical (unpaired) electrons. The fourth-order valence-electron chi connectivity index (χ4n) is 4.48. The van der Waals surface area contributed by atoms with Gasteiger partial charge in [-0.05, 0) is 55.7 Å². The number of rotatable bonds is 6. The van der Waals surface area contributed by atoms with Crippen molar-refractivity contribution in [3.05, 3.63) is 65.2 Å². The van der Waals surface area contributed by atoms with Crippen LogP contribution in [0.1, 0.15) is 29.8 Å². The van der Waals surface area contributed by atoms with Gasteiger partial charge in [0, 0.05) is 28.7 Å². The third-order valence-corrected chi connectivity index (χ3v) is 6.08. The van der Waals surface area contributed by atoms with E-state index in [1.807, 2.05) is 18.2 Å². The van der Waals surface area contributed by atoms with E-state index < -0.39 is 5.82 Å². The summed E-state index contributed by atoms with van der Waals surface area (Å²) >= 11 is 5.63. The molecule has 158 valence electrons. The second-order valence-corrected chi connectivity index (χ2v) is 8.61. The second kappa shape index (κ2) is 7.16. The molecule has 7 nitrogen and oxygen atoms in total. The predicted molar refractivity (Wildman–Crippen MR) is 111 cm³/mol. The third-order valence-electron chi connectivity index (χ3n) is 5.77. The molecular formula is C22H18ClFN4O3. The minimum atomic E-state index is -0.603. The lowest BCUT2D eigenvalue weighted by Gasteiger charge is -2.70. The van der Waals surface area contributed by atoms with E-state index >= 15 is 0 Å². The first-order valence-corrected chi connectivity index (χ1v) is 10.2. The number of nitrogens with one attached hydrogen (secondary N) is 2. The first-order chi connectivity index (χ1) is 14.9. The molecule has 0 unspecified atom stereocenters. The maximum atomic E-state index is 13.4. The zero-order valence-corrected chi connectivity index (χ0v) is 17.1. The average Bonchev–Trinajstić information content (AvgIpc) is 2.71. The lowest BCUT2D eigenvalue weighted by molar-refractivity contribution is -0.141. The van der Waals surface area contributed by atoms with Crippen molar-refractivity contribution < 1.29 is 18.7 Å². The summed E-state index contributed by atoms with van der Waals surface area (Å²) in [6.07, 6.45) is 3.59. The molecule has 31 heavy (non-hydrogen) atoms. The number of carbonyl (C=O) groups excluding carboxylic acids is 2. The number of hydrogen-bond acceptors (Lipinski definition) is 5. The molecule has 2 bridgehead atoms. The van der Waals surface area contributed by atoms with Crippen molar-refractivity contribution in [1.29, 1.82) is 0 Å². The van der Waals surface area contributed by atoms with Crippen LogP contribution >= 0.6 is 11.6 Å². The van der Waals surface area contributed by atoms with Crippen LogP contribution in [0.5, 0.6) is 5.75 Å². The molecule has 0 saturated heterocycles. The average molecular weight is 441 g/mol. The molecule has 0 spiro atoms. The Morgan fingerprint density at radius 3 is 2.65 bits per heavy atom. The van der Waals surface area contributed by atoms with Crippen molar-refractivity contribution in [3.63, 3.8) is 0 Å². The van der Waals surface area contributed by atoms with Crippen LogP contribution in [0.25, 0.3) is 11.0 Å². The molecule has 0 atom stereocenters. The SMILES string of the molecule is O=C(COc1ccc(Cl)c(F)c1)NC12CC(NC(=O)c3ccc4cccnc4n3)(C1)C2. The highest BCUT2D eigenvalue weighted by atomic mass is 35.5. The van der Waals surface area contributed by atoms with Gasteiger partial charge in [-0.25, -0.2) is 14.4 Å². The number of benzene rings is 1. The summed E-state index contributed by atoms with van der Waals surface area (Å²) in [5.41, 5.74) is 0.206. The van der Waals surface area contributed by atoms with Crippen LogP contribution in [0.3, 0.4) is 0 Å². The van der Waals surface area contributed by atoms with E-state index in [1.54, 1.807) is 12.3 Å². The van der Waals surface area contributed by atoms with Crippen molar-refractivity contribution in [3.8, 4) is 5.75 Å². The highest BCUT2D eigenvalue weighted by Gasteiger charge is 2.69. The molecule has 0 aliphatic heterocycles. The topological polar surface area (TPSA) is 93.2 Å². The lowest BCUT2D eigenvalue weighted by Crippen LogP contribution is -2.84. The van der Waals surface area contributed by atoms with Gasteiger partial charge in [0.15, 0.2) is 12.3 Å². The number of fused-ring (bicyclic) bond motifs is 1. The number of aromatic nitrogens is 2. The Morgan fingerprint density at radius 1 is 1.10 bits per heavy atom. The fourth-order valence-corrected chi connectivity index (χ4v) is 4.60. The summed E-state index contributed by atoms with van der Waals surface area (Å²) in [5.74, 6) is -0.915. The first kappa shape index (κ1) is 19.7. The molecule has 3 saturated carbocycles. The maximum Gasteiger partial charge on any atom is 0.270 e. The maximum absolute atomic E-state index is 13.4. The molecule has 3 fully saturated rings. The van der Waals surface area contributed by atoms with Crippen molar-refractivity contribution in [2.45, 2.75) is 30.3 Å². The molecule has 6 rings (SSSR count). The zero-order chi connectivity index (χ0) is 21.6. The Bertz CT molecular complexity index is 1200. The number of halogens is 2. The number of pyridine rings is 2. The summed E-state index contributed by atoms with van der Waals surface area (Å²) in [6.45, 7) is -0.226. The highest BCUT2D eigenvalue weighted by Crippen LogP contribution is 2.60. The Morgan fingerprint density at radius 2 is 1.87 bits per heavy atom. The van der Waals surface area contributed by atoms with Crippen molar-refractivity contribution >= 4 is 34.4 Å². The molecule has 2 aromatic heterocycles. The molecule has 2 heterocycles. The Kier molecular flexibility index (Phi) is 4.55. The number of ether oxygens (including phenoxy) is 1. The molecule has 3 aliphatic carbocycles. The summed E-state index contributed by atoms with van der Waals surface area (Å²) in [6, 6.07) is 11.2. The van der Waals surface area contributed by atoms with E-state index in [2.05, 4.69) is 20.6 Å². The molecule has 3 aliphatic rings. The van der Waals surface area contributed by atoms with Gasteiger partial charge in [-0.2, -0.15) is 0 Å². The van der Waals surface area contributed by atoms with Crippen LogP contribution in [0.2, 0.25) is 5.02 Å². The minimum Gasteiger partial charge on any atom is -0.484 e. The molecule has 9 heteroatoms. The number of carbonyl (C=O) groups is 2. The first-order valence-electron chi connectivity index (χ1n) is 9.79. The van der Waals surface area contributed by atoms with Crippen molar-refractivity contribution in [1.82, 2.24) is 20.6 Å². The van der Waals surface area contributed by atoms with Gasteiger partial charge in [-0.3, -0.25) is 9.59 Å². The molecule has 2 amide bonds. The van der Waals surface area contributed by atoms with Crippen molar-refractivity contribution in [2.24, 2.45) is 0 Å². The molecule has 3 aromatic rings. The fraction of sp³-hybridized carbons (Fsp3) is 0.273. The number of amides is 2. The van der Waals surface area contributed by atoms with E-state index in [1.165, 1.54) is 12.1 Å². The standard InChI is InChI=1S/C22H18ClFN4O3/c23-15-5-4-14(8-16(15)24)31-9-18(29)27-21-10-22(11-21,12-21)28-20(30)17-6-3-13-2-1-7-25-19(13)26-17/h1-8H,9-12H2,(H,27,29)(H,28,30). The van der Waals surface area contributed by atoms with Crippen LogP contribution in [-0.4, -0.2) is 39.5 Å². The predicted octanol–water partition coefficient (Wildman–Crippen LogP) is 3.02. The van der Waals surface area contributed by atoms with Crippen LogP contribution in [0.4, 0.5) is 4.39 Å². The van der Waals surface area contributed by atoms with Gasteiger partial charge in [-0.1, -0.05) is 11.6 Å². The minimum absolute atomic E-state index is 0.00633. The van der Waals surface area contributed by atoms with E-state index in [0.29, 0.717) is 30.6 Å². The van der Waals surface area contributed by atoms with E-state index in [-0.39, 0.29) is 40.3 Å². The molecule has 1 aromatic carbocycles. The monoisotopic (exact) mass is 440 g/mol. The smallest absolute Gasteiger partial charge is 0.270 e. The van der Waals surface area contributed by atoms with Crippen molar-refractivity contribution in [2.75, 3.05) is 6.61 Å². The Balaban J connectivity index is 1.12. The number of nitrogens with zero attached hydrogens (tertiary/aromatic N) is 2. The van der Waals surface area contributed by atoms with Gasteiger partial charge in [0.05, 0.1) is 5.02 Å². The van der Waals surface area contributed by atoms with Gasteiger partial charge in [-0.15, -0.1) is 0 Å². The van der Waals surface area contributed by atoms with Crippen LogP contribution in [-0.2, 0) is 4.79 Å². The summed E-state index contributed by atoms with van der Waals surface area (Å²) in [4.78, 5) is 33.3. The van der Waals surface area contributed by atoms with Crippen LogP contribution in [0, 0.1) is 5.82 Å². The van der Waals surface area contributed by atoms with E-state index in [9.17, 15) is 14.0 Å². The molecular weight excluding hydrogens is 423 g/mol. The van der Waals surface area contributed by atoms with Gasteiger partial charge in [0.25, 0.3) is 11.8 Å². The Hall–Kier alpha value is -3.26. The third kappa shape index (κ3) is 3.67. The van der Waals surface area contributed by atoms with E-state index in [0.717, 1.165) is 11.5 Å². The van der Waals surface area contributed by atoms with Gasteiger partial charge < -0.3 is 15.4 Å². The highest BCUT2D eigenvalue weighted by molar-refractivity contribution is 6.30. The zero-order valence-electron chi connectivity index (χ0n) is 16.3. The normalized spacial score (nSPS) is 23.4. The van der Waals surface area contributed by atoms with E-state index in [4.69, 9.17) is 16.3 Å². The van der Waals surface area contributed by atoms with Crippen LogP contribution in [0.15, 0.2) is 48.7 Å². The van der Waals surface area contributed by atoms with Gasteiger partial charge in [0.1, 0.15) is 17.3 Å². The lowest BCUT2D eigenvalue weighted by atomic mass is 9.44. The molecule has 2 N–H and O–H groups in total. The van der Waals surface area contributed by atoms with Gasteiger partial charge in [0.2, 0.25) is 0 Å².